The summed E-state index contributed by atoms with van der Waals surface area (Å²) in [6.07, 6.45) is 5.05. The highest BCUT2D eigenvalue weighted by Crippen LogP contribution is 2.44. The standard InChI is InChI=1S/C27H25FN6O4/c1-27(38)4-5-34(12-27)22-17(10-30-24-20(22)15-7-14(28)8-19(29-2)21(15)32-24)13-6-16-23(35)18(26(36)37)11-33(3)25(16)31-9-13/h6-11,29,38H,4-5,12H2,1-3H3,(H,30,32)(H,36,37). The number of carboxylic acid groups (broad SMARTS) is 1. The number of carbonyl (C=O) groups is 1. The first-order valence-corrected chi connectivity index (χ1v) is 12.1. The molecule has 0 aliphatic carbocycles. The molecule has 1 unspecified atom stereocenters. The van der Waals surface area contributed by atoms with E-state index in [1.54, 1.807) is 39.5 Å². The molecule has 1 fully saturated rings. The largest absolute Gasteiger partial charge is 0.477 e. The summed E-state index contributed by atoms with van der Waals surface area (Å²) in [6.45, 7) is 2.66. The minimum Gasteiger partial charge on any atom is -0.477 e. The van der Waals surface area contributed by atoms with Gasteiger partial charge >= 0.3 is 5.97 Å². The van der Waals surface area contributed by atoms with Gasteiger partial charge in [-0.25, -0.2) is 19.2 Å². The van der Waals surface area contributed by atoms with Crippen LogP contribution in [-0.2, 0) is 7.05 Å². The molecule has 5 heterocycles. The number of rotatable bonds is 4. The van der Waals surface area contributed by atoms with E-state index in [4.69, 9.17) is 0 Å². The van der Waals surface area contributed by atoms with Crippen molar-refractivity contribution in [2.75, 3.05) is 30.4 Å². The first-order chi connectivity index (χ1) is 18.1. The number of benzene rings is 1. The van der Waals surface area contributed by atoms with Gasteiger partial charge in [0.15, 0.2) is 0 Å². The third kappa shape index (κ3) is 3.58. The maximum absolute atomic E-state index is 14.7. The van der Waals surface area contributed by atoms with Crippen LogP contribution in [0.2, 0.25) is 0 Å². The number of H-pyrrole nitrogens is 1. The summed E-state index contributed by atoms with van der Waals surface area (Å²) in [6, 6.07) is 4.47. The number of hydrogen-bond acceptors (Lipinski definition) is 7. The van der Waals surface area contributed by atoms with Crippen LogP contribution in [0.25, 0.3) is 44.1 Å². The fourth-order valence-corrected chi connectivity index (χ4v) is 5.45. The molecule has 1 aliphatic rings. The van der Waals surface area contributed by atoms with E-state index in [-0.39, 0.29) is 10.9 Å². The van der Waals surface area contributed by atoms with Gasteiger partial charge in [-0.05, 0) is 31.5 Å². The van der Waals surface area contributed by atoms with Crippen LogP contribution >= 0.6 is 0 Å². The Morgan fingerprint density at radius 2 is 2.00 bits per heavy atom. The van der Waals surface area contributed by atoms with E-state index in [0.29, 0.717) is 63.9 Å². The number of aromatic nitrogens is 4. The van der Waals surface area contributed by atoms with Crippen molar-refractivity contribution in [3.05, 3.63) is 58.4 Å². The molecule has 0 spiro atoms. The summed E-state index contributed by atoms with van der Waals surface area (Å²) in [5, 5.41) is 24.8. The van der Waals surface area contributed by atoms with Gasteiger partial charge in [0.25, 0.3) is 0 Å². The van der Waals surface area contributed by atoms with Crippen molar-refractivity contribution in [3.8, 4) is 11.1 Å². The highest BCUT2D eigenvalue weighted by Gasteiger charge is 2.34. The number of hydrogen-bond donors (Lipinski definition) is 4. The quantitative estimate of drug-likeness (QED) is 0.285. The number of pyridine rings is 3. The summed E-state index contributed by atoms with van der Waals surface area (Å²) in [5.41, 5.74) is 2.15. The van der Waals surface area contributed by atoms with E-state index < -0.39 is 22.8 Å². The van der Waals surface area contributed by atoms with Crippen LogP contribution in [0.3, 0.4) is 0 Å². The summed E-state index contributed by atoms with van der Waals surface area (Å²) in [4.78, 5) is 39.1. The van der Waals surface area contributed by atoms with Gasteiger partial charge in [0.1, 0.15) is 22.7 Å². The lowest BCUT2D eigenvalue weighted by atomic mass is 10.0. The molecule has 0 bridgehead atoms. The Hall–Kier alpha value is -4.51. The van der Waals surface area contributed by atoms with E-state index in [9.17, 15) is 24.2 Å². The Morgan fingerprint density at radius 3 is 2.68 bits per heavy atom. The van der Waals surface area contributed by atoms with Crippen molar-refractivity contribution in [1.29, 1.82) is 0 Å². The molecule has 194 valence electrons. The summed E-state index contributed by atoms with van der Waals surface area (Å²) in [5.74, 6) is -1.73. The molecule has 0 saturated carbocycles. The van der Waals surface area contributed by atoms with Crippen LogP contribution in [-0.4, -0.2) is 61.4 Å². The van der Waals surface area contributed by atoms with Gasteiger partial charge < -0.3 is 30.0 Å². The number of halogens is 1. The number of aliphatic hydroxyl groups is 1. The third-order valence-electron chi connectivity index (χ3n) is 7.26. The minimum absolute atomic E-state index is 0.159. The van der Waals surface area contributed by atoms with Gasteiger partial charge in [0, 0.05) is 62.3 Å². The normalized spacial score (nSPS) is 17.7. The second-order valence-electron chi connectivity index (χ2n) is 10.0. The molecule has 4 aromatic heterocycles. The molecule has 1 aromatic carbocycles. The summed E-state index contributed by atoms with van der Waals surface area (Å²) in [7, 11) is 3.34. The number of aromatic amines is 1. The van der Waals surface area contributed by atoms with E-state index in [0.717, 1.165) is 5.69 Å². The molecule has 6 rings (SSSR count). The molecule has 1 atom stereocenters. The predicted octanol–water partition coefficient (Wildman–Crippen LogP) is 3.47. The zero-order chi connectivity index (χ0) is 26.9. The first kappa shape index (κ1) is 23.9. The van der Waals surface area contributed by atoms with Gasteiger partial charge in [-0.3, -0.25) is 4.79 Å². The van der Waals surface area contributed by atoms with Crippen LogP contribution in [0.15, 0.2) is 41.6 Å². The Bertz CT molecular complexity index is 1860. The van der Waals surface area contributed by atoms with Crippen molar-refractivity contribution < 1.29 is 19.4 Å². The van der Waals surface area contributed by atoms with Crippen LogP contribution in [0.1, 0.15) is 23.7 Å². The smallest absolute Gasteiger partial charge is 0.341 e. The highest BCUT2D eigenvalue weighted by atomic mass is 19.1. The van der Waals surface area contributed by atoms with Crippen molar-refractivity contribution >= 4 is 50.3 Å². The zero-order valence-electron chi connectivity index (χ0n) is 21.0. The van der Waals surface area contributed by atoms with Gasteiger partial charge in [-0.1, -0.05) is 0 Å². The van der Waals surface area contributed by atoms with E-state index in [1.807, 2.05) is 4.90 Å². The fraction of sp³-hybridized carbons (Fsp3) is 0.259. The molecule has 0 amide bonds. The van der Waals surface area contributed by atoms with Gasteiger partial charge in [0.05, 0.1) is 33.3 Å². The second-order valence-corrected chi connectivity index (χ2v) is 10.0. The van der Waals surface area contributed by atoms with Crippen LogP contribution in [0, 0.1) is 5.82 Å². The number of aromatic carboxylic acids is 1. The van der Waals surface area contributed by atoms with Crippen LogP contribution in [0.5, 0.6) is 0 Å². The highest BCUT2D eigenvalue weighted by molar-refractivity contribution is 6.18. The lowest BCUT2D eigenvalue weighted by Crippen LogP contribution is -2.30. The Morgan fingerprint density at radius 1 is 1.21 bits per heavy atom. The van der Waals surface area contributed by atoms with Crippen molar-refractivity contribution in [3.63, 3.8) is 0 Å². The lowest BCUT2D eigenvalue weighted by Gasteiger charge is -2.24. The van der Waals surface area contributed by atoms with Crippen LogP contribution in [0.4, 0.5) is 15.8 Å². The zero-order valence-corrected chi connectivity index (χ0v) is 21.0. The Kier molecular flexibility index (Phi) is 5.18. The fourth-order valence-electron chi connectivity index (χ4n) is 5.45. The maximum atomic E-state index is 14.7. The van der Waals surface area contributed by atoms with Crippen molar-refractivity contribution in [2.24, 2.45) is 7.05 Å². The lowest BCUT2D eigenvalue weighted by molar-refractivity contribution is 0.0694. The molecule has 38 heavy (non-hydrogen) atoms. The molecule has 5 aromatic rings. The number of fused-ring (bicyclic) bond motifs is 4. The number of aryl methyl sites for hydroxylation is 1. The van der Waals surface area contributed by atoms with Gasteiger partial charge in [0.2, 0.25) is 5.43 Å². The topological polar surface area (TPSA) is 136 Å². The monoisotopic (exact) mass is 516 g/mol. The van der Waals surface area contributed by atoms with Crippen LogP contribution < -0.4 is 15.6 Å². The van der Waals surface area contributed by atoms with Gasteiger partial charge in [-0.15, -0.1) is 0 Å². The molecule has 0 radical (unpaired) electrons. The average Bonchev–Trinajstić information content (AvgIpc) is 3.44. The first-order valence-electron chi connectivity index (χ1n) is 12.1. The van der Waals surface area contributed by atoms with E-state index in [2.05, 4.69) is 20.3 Å². The number of nitrogens with one attached hydrogen (secondary N) is 2. The van der Waals surface area contributed by atoms with E-state index in [1.165, 1.54) is 22.9 Å². The number of anilines is 2. The minimum atomic E-state index is -1.32. The third-order valence-corrected chi connectivity index (χ3v) is 7.26. The molecule has 10 nitrogen and oxygen atoms in total. The summed E-state index contributed by atoms with van der Waals surface area (Å²) < 4.78 is 16.2. The maximum Gasteiger partial charge on any atom is 0.341 e. The average molecular weight is 517 g/mol. The van der Waals surface area contributed by atoms with Crippen molar-refractivity contribution in [1.82, 2.24) is 19.5 Å². The molecular formula is C27H25FN6O4. The number of nitrogens with zero attached hydrogens (tertiary/aromatic N) is 4. The molecular weight excluding hydrogens is 491 g/mol. The molecule has 11 heteroatoms. The van der Waals surface area contributed by atoms with Gasteiger partial charge in [-0.2, -0.15) is 0 Å². The Balaban J connectivity index is 1.69. The number of β-amino-alcohol motifs (C(OH)–C–C–N with tert-alkyl or cyclic N) is 1. The molecule has 1 aliphatic heterocycles. The molecule has 4 N–H and O–H groups in total. The second kappa shape index (κ2) is 8.25. The SMILES string of the molecule is CNc1cc(F)cc2c1[nH]c1ncc(-c3cnc4c(c3)c(=O)c(C(=O)O)cn4C)c(N3CCC(C)(O)C3)c12. The van der Waals surface area contributed by atoms with E-state index >= 15 is 0 Å². The Labute approximate surface area is 215 Å². The predicted molar refractivity (Wildman–Crippen MR) is 143 cm³/mol. The van der Waals surface area contributed by atoms with Crippen molar-refractivity contribution in [2.45, 2.75) is 18.9 Å². The number of carboxylic acids is 1. The molecule has 1 saturated heterocycles. The summed E-state index contributed by atoms with van der Waals surface area (Å²) >= 11 is 0.